The normalized spacial score (nSPS) is 16.7. The number of nitrogens with zero attached hydrogens (tertiary/aromatic N) is 4. The van der Waals surface area contributed by atoms with Crippen LogP contribution in [0.2, 0.25) is 0 Å². The molecule has 0 radical (unpaired) electrons. The van der Waals surface area contributed by atoms with Crippen molar-refractivity contribution in [1.29, 1.82) is 0 Å². The fraction of sp³-hybridized carbons (Fsp3) is 0.312. The minimum atomic E-state index is 1.17. The number of fused-ring (bicyclic) bond motifs is 7. The van der Waals surface area contributed by atoms with Crippen molar-refractivity contribution in [3.05, 3.63) is 60.7 Å². The molecule has 2 aromatic heterocycles. The van der Waals surface area contributed by atoms with Gasteiger partial charge in [0.2, 0.25) is 0 Å². The molecule has 4 aromatic carbocycles. The van der Waals surface area contributed by atoms with Gasteiger partial charge in [-0.05, 0) is 94.4 Å². The molecule has 180 valence electrons. The maximum Gasteiger partial charge on any atom is 0.109 e. The van der Waals surface area contributed by atoms with Gasteiger partial charge in [0.1, 0.15) is 11.6 Å². The molecule has 4 heterocycles. The summed E-state index contributed by atoms with van der Waals surface area (Å²) in [5.41, 5.74) is 2.65. The van der Waals surface area contributed by atoms with E-state index in [0.29, 0.717) is 0 Å². The van der Waals surface area contributed by atoms with E-state index in [9.17, 15) is 0 Å². The van der Waals surface area contributed by atoms with Crippen LogP contribution in [-0.4, -0.2) is 35.3 Å². The van der Waals surface area contributed by atoms with Crippen molar-refractivity contribution in [3.63, 3.8) is 0 Å². The Morgan fingerprint density at radius 3 is 1.28 bits per heavy atom. The fourth-order valence-corrected chi connectivity index (χ4v) is 7.01. The molecule has 36 heavy (non-hydrogen) atoms. The Balaban J connectivity index is 1.35. The largest absolute Gasteiger partial charge is 0.358 e. The summed E-state index contributed by atoms with van der Waals surface area (Å²) in [4.78, 5) is 5.08. The van der Waals surface area contributed by atoms with Gasteiger partial charge in [0, 0.05) is 51.0 Å². The second-order valence-electron chi connectivity index (χ2n) is 11.0. The number of rotatable bonds is 2. The monoisotopic (exact) mass is 472 g/mol. The number of hydrogen-bond acceptors (Lipinski definition) is 2. The van der Waals surface area contributed by atoms with Crippen LogP contribution in [0.5, 0.6) is 0 Å². The summed E-state index contributed by atoms with van der Waals surface area (Å²) in [6.45, 7) is 4.69. The molecule has 6 aromatic rings. The molecule has 4 heteroatoms. The predicted octanol–water partition coefficient (Wildman–Crippen LogP) is 7.33. The second kappa shape index (κ2) is 7.42. The minimum Gasteiger partial charge on any atom is -0.358 e. The van der Waals surface area contributed by atoms with Crippen LogP contribution in [0.3, 0.4) is 0 Å². The molecule has 0 unspecified atom stereocenters. The van der Waals surface area contributed by atoms with Crippen LogP contribution in [0.4, 0.5) is 11.6 Å². The SMILES string of the molecule is Cn1c(N2CCCC2)cc2cc3ccc4c5cc6c(cc(N7CCCC7)n6C)cc5ccc4c3cc21. The van der Waals surface area contributed by atoms with Gasteiger partial charge in [-0.15, -0.1) is 0 Å². The van der Waals surface area contributed by atoms with Crippen molar-refractivity contribution in [2.24, 2.45) is 14.1 Å². The van der Waals surface area contributed by atoms with Gasteiger partial charge < -0.3 is 18.9 Å². The van der Waals surface area contributed by atoms with Crippen LogP contribution in [-0.2, 0) is 14.1 Å². The quantitative estimate of drug-likeness (QED) is 0.245. The zero-order valence-corrected chi connectivity index (χ0v) is 21.2. The molecule has 0 aliphatic carbocycles. The van der Waals surface area contributed by atoms with Crippen LogP contribution in [0.15, 0.2) is 60.7 Å². The molecular weight excluding hydrogens is 440 g/mol. The van der Waals surface area contributed by atoms with Crippen LogP contribution in [0, 0.1) is 0 Å². The average Bonchev–Trinajstić information content (AvgIpc) is 3.70. The zero-order valence-electron chi connectivity index (χ0n) is 21.2. The van der Waals surface area contributed by atoms with Crippen molar-refractivity contribution in [3.8, 4) is 0 Å². The third-order valence-corrected chi connectivity index (χ3v) is 8.97. The van der Waals surface area contributed by atoms with E-state index in [1.807, 2.05) is 0 Å². The molecule has 0 spiro atoms. The van der Waals surface area contributed by atoms with Crippen molar-refractivity contribution < 1.29 is 0 Å². The molecular formula is C32H32N4. The van der Waals surface area contributed by atoms with Gasteiger partial charge >= 0.3 is 0 Å². The van der Waals surface area contributed by atoms with E-state index >= 15 is 0 Å². The lowest BCUT2D eigenvalue weighted by atomic mass is 9.95. The van der Waals surface area contributed by atoms with Crippen molar-refractivity contribution in [2.45, 2.75) is 25.7 Å². The summed E-state index contributed by atoms with van der Waals surface area (Å²) in [6, 6.07) is 23.7. The van der Waals surface area contributed by atoms with Crippen LogP contribution < -0.4 is 9.80 Å². The van der Waals surface area contributed by atoms with Gasteiger partial charge in [0.05, 0.1) is 11.0 Å². The summed E-state index contributed by atoms with van der Waals surface area (Å²) in [5.74, 6) is 2.71. The highest BCUT2D eigenvalue weighted by atomic mass is 15.2. The molecule has 2 saturated heterocycles. The van der Waals surface area contributed by atoms with Crippen LogP contribution >= 0.6 is 0 Å². The lowest BCUT2D eigenvalue weighted by molar-refractivity contribution is 0.862. The topological polar surface area (TPSA) is 16.3 Å². The summed E-state index contributed by atoms with van der Waals surface area (Å²) < 4.78 is 4.79. The lowest BCUT2D eigenvalue weighted by Crippen LogP contribution is -2.20. The summed E-state index contributed by atoms with van der Waals surface area (Å²) in [5, 5.41) is 10.7. The van der Waals surface area contributed by atoms with E-state index < -0.39 is 0 Å². The molecule has 8 rings (SSSR count). The van der Waals surface area contributed by atoms with Gasteiger partial charge in [0.15, 0.2) is 0 Å². The first-order chi connectivity index (χ1) is 17.7. The first kappa shape index (κ1) is 20.5. The third-order valence-electron chi connectivity index (χ3n) is 8.97. The number of aromatic nitrogens is 2. The number of aryl methyl sites for hydroxylation is 2. The van der Waals surface area contributed by atoms with Crippen molar-refractivity contribution in [2.75, 3.05) is 36.0 Å². The lowest BCUT2D eigenvalue weighted by Gasteiger charge is -2.18. The Hall–Kier alpha value is -3.66. The van der Waals surface area contributed by atoms with E-state index in [0.717, 1.165) is 0 Å². The smallest absolute Gasteiger partial charge is 0.109 e. The minimum absolute atomic E-state index is 1.17. The molecule has 0 N–H and O–H groups in total. The summed E-state index contributed by atoms with van der Waals surface area (Å²) in [7, 11) is 4.46. The van der Waals surface area contributed by atoms with Crippen LogP contribution in [0.1, 0.15) is 25.7 Å². The highest BCUT2D eigenvalue weighted by Crippen LogP contribution is 2.38. The van der Waals surface area contributed by atoms with Crippen molar-refractivity contribution >= 4 is 65.8 Å². The first-order valence-electron chi connectivity index (χ1n) is 13.5. The fourth-order valence-electron chi connectivity index (χ4n) is 7.01. The Morgan fingerprint density at radius 1 is 0.444 bits per heavy atom. The Labute approximate surface area is 211 Å². The summed E-state index contributed by atoms with van der Waals surface area (Å²) >= 11 is 0. The van der Waals surface area contributed by atoms with Gasteiger partial charge in [-0.3, -0.25) is 0 Å². The first-order valence-corrected chi connectivity index (χ1v) is 13.5. The number of benzene rings is 4. The molecule has 0 amide bonds. The second-order valence-corrected chi connectivity index (χ2v) is 11.0. The number of hydrogen-bond donors (Lipinski definition) is 0. The molecule has 2 aliphatic rings. The number of anilines is 2. The standard InChI is InChI=1S/C32H32N4/c1-33-29-19-27-21(15-23(29)17-31(33)35-11-3-4-12-35)7-10-26-25(27)9-8-22-16-24-18-32(36-13-5-6-14-36)34(2)30(24)20-28(22)26/h7-10,15-20H,3-6,11-14H2,1-2H3. The molecule has 0 bridgehead atoms. The van der Waals surface area contributed by atoms with E-state index in [1.165, 1.54) is 118 Å². The molecule has 4 nitrogen and oxygen atoms in total. The Kier molecular flexibility index (Phi) is 4.23. The van der Waals surface area contributed by atoms with E-state index in [-0.39, 0.29) is 0 Å². The van der Waals surface area contributed by atoms with E-state index in [1.54, 1.807) is 0 Å². The molecule has 2 fully saturated rings. The van der Waals surface area contributed by atoms with E-state index in [2.05, 4.69) is 93.7 Å². The third kappa shape index (κ3) is 2.81. The van der Waals surface area contributed by atoms with E-state index in [4.69, 9.17) is 0 Å². The Bertz CT molecular complexity index is 1690. The summed E-state index contributed by atoms with van der Waals surface area (Å²) in [6.07, 6.45) is 5.20. The van der Waals surface area contributed by atoms with Crippen molar-refractivity contribution in [1.82, 2.24) is 9.13 Å². The predicted molar refractivity (Wildman–Crippen MR) is 155 cm³/mol. The van der Waals surface area contributed by atoms with Gasteiger partial charge in [0.25, 0.3) is 0 Å². The average molecular weight is 473 g/mol. The molecule has 0 atom stereocenters. The Morgan fingerprint density at radius 2 is 0.861 bits per heavy atom. The van der Waals surface area contributed by atoms with Gasteiger partial charge in [-0.1, -0.05) is 24.3 Å². The van der Waals surface area contributed by atoms with Crippen LogP contribution in [0.25, 0.3) is 54.1 Å². The highest BCUT2D eigenvalue weighted by molar-refractivity contribution is 6.20. The zero-order chi connectivity index (χ0) is 24.0. The molecule has 0 saturated carbocycles. The molecule has 2 aliphatic heterocycles. The maximum absolute atomic E-state index is 2.54. The van der Waals surface area contributed by atoms with Gasteiger partial charge in [-0.25, -0.2) is 0 Å². The van der Waals surface area contributed by atoms with Gasteiger partial charge in [-0.2, -0.15) is 0 Å². The maximum atomic E-state index is 2.54. The highest BCUT2D eigenvalue weighted by Gasteiger charge is 2.19.